The Morgan fingerprint density at radius 2 is 1.71 bits per heavy atom. The van der Waals surface area contributed by atoms with Gasteiger partial charge in [0, 0.05) is 12.2 Å². The molecule has 1 heterocycles. The largest absolute Gasteiger partial charge is 0.324 e. The fraction of sp³-hybridized carbons (Fsp3) is 0.240. The summed E-state index contributed by atoms with van der Waals surface area (Å²) in [5.41, 5.74) is 4.53. The lowest BCUT2D eigenvalue weighted by molar-refractivity contribution is -0.120. The van der Waals surface area contributed by atoms with Gasteiger partial charge in [-0.1, -0.05) is 61.5 Å². The molecule has 0 radical (unpaired) electrons. The number of nitrogens with zero attached hydrogens (tertiary/aromatic N) is 1. The minimum atomic E-state index is -3.86. The zero-order chi connectivity index (χ0) is 22.0. The highest BCUT2D eigenvalue weighted by atomic mass is 32.2. The third-order valence-corrected chi connectivity index (χ3v) is 7.61. The minimum absolute atomic E-state index is 0.167. The molecule has 0 spiro atoms. The van der Waals surface area contributed by atoms with Crippen LogP contribution in [0, 0.1) is 6.92 Å². The number of anilines is 1. The van der Waals surface area contributed by atoms with Gasteiger partial charge in [0.25, 0.3) is 0 Å². The van der Waals surface area contributed by atoms with E-state index in [0.717, 1.165) is 34.4 Å². The smallest absolute Gasteiger partial charge is 0.244 e. The van der Waals surface area contributed by atoms with Gasteiger partial charge in [0.1, 0.15) is 6.04 Å². The second-order valence-electron chi connectivity index (χ2n) is 7.86. The van der Waals surface area contributed by atoms with Crippen LogP contribution < -0.4 is 5.32 Å². The summed E-state index contributed by atoms with van der Waals surface area (Å²) in [6.07, 6.45) is 1.11. The van der Waals surface area contributed by atoms with E-state index in [1.807, 2.05) is 68.4 Å². The Hall–Kier alpha value is -2.96. The summed E-state index contributed by atoms with van der Waals surface area (Å²) in [5.74, 6) is -0.313. The van der Waals surface area contributed by atoms with Gasteiger partial charge in [0.05, 0.1) is 4.90 Å². The van der Waals surface area contributed by atoms with Gasteiger partial charge in [-0.25, -0.2) is 8.42 Å². The molecule has 1 aliphatic heterocycles. The fourth-order valence-electron chi connectivity index (χ4n) is 4.05. The van der Waals surface area contributed by atoms with Crippen molar-refractivity contribution in [1.29, 1.82) is 0 Å². The van der Waals surface area contributed by atoms with E-state index >= 15 is 0 Å². The molecule has 3 aromatic rings. The maximum absolute atomic E-state index is 13.6. The summed E-state index contributed by atoms with van der Waals surface area (Å²) >= 11 is 0. The first-order chi connectivity index (χ1) is 14.9. The molecule has 1 amide bonds. The number of nitrogens with one attached hydrogen (secondary N) is 1. The van der Waals surface area contributed by atoms with Crippen LogP contribution in [0.2, 0.25) is 0 Å². The molecule has 0 saturated carbocycles. The van der Waals surface area contributed by atoms with Crippen molar-refractivity contribution < 1.29 is 13.2 Å². The number of carbonyl (C=O) groups is 1. The van der Waals surface area contributed by atoms with Crippen molar-refractivity contribution in [1.82, 2.24) is 4.31 Å². The van der Waals surface area contributed by atoms with Crippen molar-refractivity contribution in [3.8, 4) is 0 Å². The zero-order valence-corrected chi connectivity index (χ0v) is 18.5. The second kappa shape index (κ2) is 8.65. The van der Waals surface area contributed by atoms with Crippen molar-refractivity contribution in [3.63, 3.8) is 0 Å². The SMILES string of the molecule is CCc1ccccc1NC(=O)[C@@H]1Cc2ccccc2CN1S(=O)(=O)c1cccc(C)c1. The van der Waals surface area contributed by atoms with E-state index in [4.69, 9.17) is 0 Å². The molecular formula is C25H26N2O3S. The summed E-state index contributed by atoms with van der Waals surface area (Å²) in [6, 6.07) is 21.3. The minimum Gasteiger partial charge on any atom is -0.324 e. The first-order valence-corrected chi connectivity index (χ1v) is 11.9. The lowest BCUT2D eigenvalue weighted by Crippen LogP contribution is -2.50. The van der Waals surface area contributed by atoms with E-state index in [2.05, 4.69) is 5.32 Å². The summed E-state index contributed by atoms with van der Waals surface area (Å²) < 4.78 is 28.5. The van der Waals surface area contributed by atoms with E-state index in [1.54, 1.807) is 18.2 Å². The Labute approximate surface area is 183 Å². The van der Waals surface area contributed by atoms with Crippen LogP contribution >= 0.6 is 0 Å². The summed E-state index contributed by atoms with van der Waals surface area (Å²) in [6.45, 7) is 4.05. The van der Waals surface area contributed by atoms with Crippen molar-refractivity contribution in [3.05, 3.63) is 95.1 Å². The average molecular weight is 435 g/mol. The van der Waals surface area contributed by atoms with E-state index in [0.29, 0.717) is 6.42 Å². The van der Waals surface area contributed by atoms with E-state index in [1.165, 1.54) is 4.31 Å². The van der Waals surface area contributed by atoms with Crippen LogP contribution in [0.25, 0.3) is 0 Å². The number of para-hydroxylation sites is 1. The molecule has 1 N–H and O–H groups in total. The number of carbonyl (C=O) groups excluding carboxylic acids is 1. The van der Waals surface area contributed by atoms with Crippen molar-refractivity contribution in [2.75, 3.05) is 5.32 Å². The number of rotatable bonds is 5. The van der Waals surface area contributed by atoms with Crippen molar-refractivity contribution in [2.45, 2.75) is 44.2 Å². The van der Waals surface area contributed by atoms with Crippen LogP contribution in [0.4, 0.5) is 5.69 Å². The number of aryl methyl sites for hydroxylation is 2. The predicted octanol–water partition coefficient (Wildman–Crippen LogP) is 4.31. The Morgan fingerprint density at radius 3 is 2.45 bits per heavy atom. The lowest BCUT2D eigenvalue weighted by Gasteiger charge is -2.35. The highest BCUT2D eigenvalue weighted by Crippen LogP contribution is 2.30. The van der Waals surface area contributed by atoms with Crippen molar-refractivity contribution >= 4 is 21.6 Å². The highest BCUT2D eigenvalue weighted by molar-refractivity contribution is 7.89. The monoisotopic (exact) mass is 434 g/mol. The molecule has 0 fully saturated rings. The first-order valence-electron chi connectivity index (χ1n) is 10.4. The molecule has 3 aromatic carbocycles. The summed E-state index contributed by atoms with van der Waals surface area (Å²) in [5, 5.41) is 2.98. The fourth-order valence-corrected chi connectivity index (χ4v) is 5.72. The van der Waals surface area contributed by atoms with Crippen LogP contribution in [0.3, 0.4) is 0 Å². The maximum atomic E-state index is 13.6. The van der Waals surface area contributed by atoms with Gasteiger partial charge < -0.3 is 5.32 Å². The van der Waals surface area contributed by atoms with Gasteiger partial charge in [-0.15, -0.1) is 0 Å². The van der Waals surface area contributed by atoms with E-state index < -0.39 is 16.1 Å². The number of fused-ring (bicyclic) bond motifs is 1. The number of hydrogen-bond donors (Lipinski definition) is 1. The predicted molar refractivity (Wildman–Crippen MR) is 122 cm³/mol. The molecular weight excluding hydrogens is 408 g/mol. The van der Waals surface area contributed by atoms with Gasteiger partial charge in [0.15, 0.2) is 0 Å². The van der Waals surface area contributed by atoms with Gasteiger partial charge in [-0.2, -0.15) is 4.31 Å². The highest BCUT2D eigenvalue weighted by Gasteiger charge is 2.39. The number of amides is 1. The second-order valence-corrected chi connectivity index (χ2v) is 9.75. The molecule has 0 aliphatic carbocycles. The summed E-state index contributed by atoms with van der Waals surface area (Å²) in [7, 11) is -3.86. The quantitative estimate of drug-likeness (QED) is 0.651. The Bertz CT molecular complexity index is 1220. The van der Waals surface area contributed by atoms with Crippen LogP contribution in [-0.2, 0) is 34.2 Å². The molecule has 0 aromatic heterocycles. The molecule has 0 bridgehead atoms. The maximum Gasteiger partial charge on any atom is 0.244 e. The molecule has 4 rings (SSSR count). The molecule has 6 heteroatoms. The van der Waals surface area contributed by atoms with Crippen LogP contribution in [0.15, 0.2) is 77.7 Å². The first kappa shape index (κ1) is 21.3. The summed E-state index contributed by atoms with van der Waals surface area (Å²) in [4.78, 5) is 13.6. The van der Waals surface area contributed by atoms with Crippen LogP contribution in [0.5, 0.6) is 0 Å². The molecule has 31 heavy (non-hydrogen) atoms. The molecule has 1 aliphatic rings. The van der Waals surface area contributed by atoms with Crippen LogP contribution in [-0.4, -0.2) is 24.7 Å². The number of benzene rings is 3. The van der Waals surface area contributed by atoms with Gasteiger partial charge in [0.2, 0.25) is 15.9 Å². The number of hydrogen-bond acceptors (Lipinski definition) is 3. The Kier molecular flexibility index (Phi) is 5.94. The van der Waals surface area contributed by atoms with Gasteiger partial charge in [-0.05, 0) is 60.2 Å². The normalized spacial score (nSPS) is 16.5. The van der Waals surface area contributed by atoms with Gasteiger partial charge in [-0.3, -0.25) is 4.79 Å². The molecule has 1 atom stereocenters. The van der Waals surface area contributed by atoms with E-state index in [-0.39, 0.29) is 17.3 Å². The molecule has 0 saturated heterocycles. The third kappa shape index (κ3) is 4.27. The standard InChI is InChI=1S/C25H26N2O3S/c1-3-19-10-6-7-14-23(19)26-25(28)24-16-20-11-4-5-12-21(20)17-27(24)31(29,30)22-13-8-9-18(2)15-22/h4-15,24H,3,16-17H2,1-2H3,(H,26,28)/t24-/m0/s1. The van der Waals surface area contributed by atoms with Crippen molar-refractivity contribution in [2.24, 2.45) is 0 Å². The number of sulfonamides is 1. The Morgan fingerprint density at radius 1 is 1.00 bits per heavy atom. The lowest BCUT2D eigenvalue weighted by atomic mass is 9.95. The third-order valence-electron chi connectivity index (χ3n) is 5.76. The molecule has 0 unspecified atom stereocenters. The Balaban J connectivity index is 1.73. The molecule has 5 nitrogen and oxygen atoms in total. The van der Waals surface area contributed by atoms with E-state index in [9.17, 15) is 13.2 Å². The zero-order valence-electron chi connectivity index (χ0n) is 17.7. The topological polar surface area (TPSA) is 66.5 Å². The van der Waals surface area contributed by atoms with Crippen LogP contribution in [0.1, 0.15) is 29.2 Å². The van der Waals surface area contributed by atoms with Gasteiger partial charge >= 0.3 is 0 Å². The average Bonchev–Trinajstić information content (AvgIpc) is 2.78. The molecule has 160 valence electrons.